The van der Waals surface area contributed by atoms with Crippen LogP contribution in [0.5, 0.6) is 11.6 Å². The highest BCUT2D eigenvalue weighted by molar-refractivity contribution is 5.99. The number of carbonyl (C=O) groups excluding carboxylic acids is 1. The molecule has 0 spiro atoms. The van der Waals surface area contributed by atoms with Crippen LogP contribution in [0.25, 0.3) is 28.0 Å². The van der Waals surface area contributed by atoms with Crippen LogP contribution in [0, 0.1) is 11.6 Å². The number of pyridine rings is 1. The van der Waals surface area contributed by atoms with Crippen molar-refractivity contribution in [2.75, 3.05) is 5.73 Å². The molecule has 0 amide bonds. The highest BCUT2D eigenvalue weighted by Crippen LogP contribution is 2.32. The smallest absolute Gasteiger partial charge is 0.254 e. The summed E-state index contributed by atoms with van der Waals surface area (Å²) in [6.45, 7) is 3.48. The number of carbonyl (C=O) groups is 1. The Hall–Kier alpha value is -4.93. The number of fused-ring (bicyclic) bond motifs is 1. The molecule has 34 heavy (non-hydrogen) atoms. The van der Waals surface area contributed by atoms with Crippen molar-refractivity contribution in [3.05, 3.63) is 85.6 Å². The van der Waals surface area contributed by atoms with Crippen molar-refractivity contribution in [1.29, 1.82) is 0 Å². The molecular formula is C23H15F2N7O2. The zero-order valence-electron chi connectivity index (χ0n) is 17.4. The van der Waals surface area contributed by atoms with E-state index in [1.165, 1.54) is 46.0 Å². The Morgan fingerprint density at radius 2 is 1.97 bits per heavy atom. The summed E-state index contributed by atoms with van der Waals surface area (Å²) in [5.74, 6) is -2.45. The van der Waals surface area contributed by atoms with Gasteiger partial charge in [-0.25, -0.2) is 24.0 Å². The largest absolute Gasteiger partial charge is 0.436 e. The van der Waals surface area contributed by atoms with Crippen LogP contribution in [0.4, 0.5) is 14.6 Å². The first-order chi connectivity index (χ1) is 16.5. The van der Waals surface area contributed by atoms with Gasteiger partial charge >= 0.3 is 0 Å². The van der Waals surface area contributed by atoms with Crippen molar-refractivity contribution < 1.29 is 18.3 Å². The minimum atomic E-state index is -1.11. The number of halogens is 2. The molecule has 0 bridgehead atoms. The lowest BCUT2D eigenvalue weighted by atomic mass is 10.1. The number of rotatable bonds is 5. The lowest BCUT2D eigenvalue weighted by Crippen LogP contribution is -2.04. The van der Waals surface area contributed by atoms with E-state index in [0.29, 0.717) is 28.0 Å². The number of aromatic nitrogens is 6. The van der Waals surface area contributed by atoms with Crippen molar-refractivity contribution in [2.24, 2.45) is 0 Å². The molecule has 0 atom stereocenters. The van der Waals surface area contributed by atoms with Gasteiger partial charge in [0.15, 0.2) is 17.2 Å². The molecule has 0 aliphatic rings. The lowest BCUT2D eigenvalue weighted by Gasteiger charge is -2.06. The van der Waals surface area contributed by atoms with Crippen molar-refractivity contribution in [3.8, 4) is 28.6 Å². The second-order valence-corrected chi connectivity index (χ2v) is 7.08. The third-order valence-corrected chi connectivity index (χ3v) is 4.99. The number of nitrogen functional groups attached to an aromatic ring is 1. The lowest BCUT2D eigenvalue weighted by molar-refractivity contribution is 0.0969. The summed E-state index contributed by atoms with van der Waals surface area (Å²) < 4.78 is 35.6. The molecule has 0 unspecified atom stereocenters. The van der Waals surface area contributed by atoms with Gasteiger partial charge < -0.3 is 10.5 Å². The van der Waals surface area contributed by atoms with Crippen LogP contribution in [0.1, 0.15) is 4.79 Å². The maximum Gasteiger partial charge on any atom is 0.254 e. The summed E-state index contributed by atoms with van der Waals surface area (Å²) in [7, 11) is 0. The standard InChI is InChI=1S/C23H15F2N7O2/c1-2-18(33)31-9-8-14(11-31)32-23-19(22(26)28-12-29-23)21(30-32)13-6-7-17(27-10-13)34-16-5-3-4-15(24)20(16)25/h2-12H,1H2,(H2,26,28,29). The van der Waals surface area contributed by atoms with Crippen LogP contribution >= 0.6 is 0 Å². The van der Waals surface area contributed by atoms with Gasteiger partial charge in [0.1, 0.15) is 17.8 Å². The number of hydrogen-bond acceptors (Lipinski definition) is 7. The maximum absolute atomic E-state index is 13.9. The van der Waals surface area contributed by atoms with Crippen molar-refractivity contribution in [1.82, 2.24) is 29.3 Å². The average molecular weight is 459 g/mol. The normalized spacial score (nSPS) is 11.0. The molecule has 4 aromatic heterocycles. The fourth-order valence-electron chi connectivity index (χ4n) is 3.37. The van der Waals surface area contributed by atoms with Crippen LogP contribution in [-0.4, -0.2) is 35.2 Å². The fraction of sp³-hybridized carbons (Fsp3) is 0. The quantitative estimate of drug-likeness (QED) is 0.393. The zero-order chi connectivity index (χ0) is 23.8. The van der Waals surface area contributed by atoms with E-state index in [2.05, 4.69) is 26.6 Å². The summed E-state index contributed by atoms with van der Waals surface area (Å²) in [5, 5.41) is 5.11. The molecule has 0 radical (unpaired) electrons. The van der Waals surface area contributed by atoms with E-state index in [1.807, 2.05) is 0 Å². The average Bonchev–Trinajstić information content (AvgIpc) is 3.48. The maximum atomic E-state index is 13.9. The van der Waals surface area contributed by atoms with Gasteiger partial charge in [-0.3, -0.25) is 9.36 Å². The van der Waals surface area contributed by atoms with Gasteiger partial charge in [0, 0.05) is 30.2 Å². The highest BCUT2D eigenvalue weighted by atomic mass is 19.2. The van der Waals surface area contributed by atoms with Gasteiger partial charge in [-0.05, 0) is 30.3 Å². The van der Waals surface area contributed by atoms with E-state index < -0.39 is 11.6 Å². The third-order valence-electron chi connectivity index (χ3n) is 4.99. The number of allylic oxidation sites excluding steroid dienone is 1. The first-order valence-corrected chi connectivity index (χ1v) is 9.89. The van der Waals surface area contributed by atoms with E-state index in [-0.39, 0.29) is 23.4 Å². The number of nitrogens with zero attached hydrogens (tertiary/aromatic N) is 6. The van der Waals surface area contributed by atoms with E-state index in [9.17, 15) is 13.6 Å². The van der Waals surface area contributed by atoms with E-state index >= 15 is 0 Å². The minimum Gasteiger partial charge on any atom is -0.436 e. The molecule has 5 aromatic rings. The van der Waals surface area contributed by atoms with Gasteiger partial charge in [-0.15, -0.1) is 0 Å². The van der Waals surface area contributed by atoms with Crippen LogP contribution in [0.3, 0.4) is 0 Å². The molecular weight excluding hydrogens is 444 g/mol. The molecule has 0 saturated heterocycles. The summed E-state index contributed by atoms with van der Waals surface area (Å²) in [6.07, 6.45) is 7.13. The van der Waals surface area contributed by atoms with Gasteiger partial charge in [-0.1, -0.05) is 12.6 Å². The van der Waals surface area contributed by atoms with Crippen LogP contribution < -0.4 is 10.5 Å². The topological polar surface area (TPSA) is 114 Å². The van der Waals surface area contributed by atoms with Gasteiger partial charge in [0.25, 0.3) is 5.91 Å². The zero-order valence-corrected chi connectivity index (χ0v) is 17.4. The molecule has 168 valence electrons. The Morgan fingerprint density at radius 3 is 2.74 bits per heavy atom. The second-order valence-electron chi connectivity index (χ2n) is 7.08. The summed E-state index contributed by atoms with van der Waals surface area (Å²) in [6, 6.07) is 8.45. The van der Waals surface area contributed by atoms with Gasteiger partial charge in [0.05, 0.1) is 11.1 Å². The first-order valence-electron chi connectivity index (χ1n) is 9.89. The fourth-order valence-corrected chi connectivity index (χ4v) is 3.37. The third kappa shape index (κ3) is 3.54. The molecule has 9 nitrogen and oxygen atoms in total. The van der Waals surface area contributed by atoms with Crippen LogP contribution in [0.2, 0.25) is 0 Å². The van der Waals surface area contributed by atoms with Gasteiger partial charge in [0.2, 0.25) is 11.7 Å². The SMILES string of the molecule is C=CC(=O)n1ccc(-n2nc(-c3ccc(Oc4cccc(F)c4F)nc3)c3c(N)ncnc32)c1. The Morgan fingerprint density at radius 1 is 1.12 bits per heavy atom. The molecule has 0 saturated carbocycles. The predicted octanol–water partition coefficient (Wildman–Crippen LogP) is 4.16. The first kappa shape index (κ1) is 20.9. The summed E-state index contributed by atoms with van der Waals surface area (Å²) >= 11 is 0. The molecule has 2 N–H and O–H groups in total. The predicted molar refractivity (Wildman–Crippen MR) is 120 cm³/mol. The Kier molecular flexibility index (Phi) is 5.05. The van der Waals surface area contributed by atoms with Crippen LogP contribution in [0.15, 0.2) is 74.0 Å². The Labute approximate surface area is 190 Å². The van der Waals surface area contributed by atoms with Crippen LogP contribution in [-0.2, 0) is 0 Å². The van der Waals surface area contributed by atoms with Gasteiger partial charge in [-0.2, -0.15) is 9.49 Å². The van der Waals surface area contributed by atoms with E-state index in [0.717, 1.165) is 6.07 Å². The number of hydrogen-bond donors (Lipinski definition) is 1. The number of nitrogens with two attached hydrogens (primary N) is 1. The second kappa shape index (κ2) is 8.20. The molecule has 5 rings (SSSR count). The highest BCUT2D eigenvalue weighted by Gasteiger charge is 2.19. The van der Waals surface area contributed by atoms with E-state index in [4.69, 9.17) is 10.5 Å². The minimum absolute atomic E-state index is 0.0567. The molecule has 0 fully saturated rings. The Balaban J connectivity index is 1.55. The van der Waals surface area contributed by atoms with Crippen molar-refractivity contribution >= 4 is 22.8 Å². The summed E-state index contributed by atoms with van der Waals surface area (Å²) in [4.78, 5) is 24.4. The van der Waals surface area contributed by atoms with Crippen molar-refractivity contribution in [3.63, 3.8) is 0 Å². The number of ether oxygens (including phenoxy) is 1. The molecule has 11 heteroatoms. The molecule has 0 aliphatic heterocycles. The van der Waals surface area contributed by atoms with E-state index in [1.54, 1.807) is 24.5 Å². The monoisotopic (exact) mass is 459 g/mol. The molecule has 0 aliphatic carbocycles. The molecule has 4 heterocycles. The Bertz CT molecular complexity index is 1560. The summed E-state index contributed by atoms with van der Waals surface area (Å²) in [5.41, 5.74) is 8.11. The number of benzene rings is 1. The molecule has 1 aromatic carbocycles. The number of anilines is 1. The van der Waals surface area contributed by atoms with Crippen molar-refractivity contribution in [2.45, 2.75) is 0 Å².